The molecule has 27 heavy (non-hydrogen) atoms. The lowest BCUT2D eigenvalue weighted by molar-refractivity contribution is 0.104. The average molecular weight is 351 g/mol. The number of ketones is 1. The fraction of sp³-hybridized carbons (Fsp3) is 0. The first kappa shape index (κ1) is 17.5. The lowest BCUT2D eigenvalue weighted by atomic mass is 9.99. The number of rotatable bonds is 4. The van der Waals surface area contributed by atoms with Crippen LogP contribution in [-0.4, -0.2) is 28.2 Å². The van der Waals surface area contributed by atoms with Crippen LogP contribution in [0.3, 0.4) is 0 Å². The third kappa shape index (κ3) is 4.04. The van der Waals surface area contributed by atoms with Crippen LogP contribution < -0.4 is 5.12 Å². The summed E-state index contributed by atoms with van der Waals surface area (Å²) in [5.41, 5.74) is 7.99. The van der Waals surface area contributed by atoms with Crippen LogP contribution in [0.25, 0.3) is 0 Å². The van der Waals surface area contributed by atoms with E-state index in [-0.39, 0.29) is 5.78 Å². The van der Waals surface area contributed by atoms with Crippen LogP contribution >= 0.6 is 0 Å². The van der Waals surface area contributed by atoms with E-state index in [1.807, 2.05) is 6.07 Å². The second-order valence-electron chi connectivity index (χ2n) is 5.18. The van der Waals surface area contributed by atoms with Crippen molar-refractivity contribution in [2.75, 3.05) is 5.12 Å². The molecular weight excluding hydrogens is 338 g/mol. The zero-order chi connectivity index (χ0) is 19.1. The van der Waals surface area contributed by atoms with Gasteiger partial charge in [-0.1, -0.05) is 21.7 Å². The summed E-state index contributed by atoms with van der Waals surface area (Å²) in [4.78, 5) is 20.7. The normalized spacial score (nSPS) is 12.9. The molecule has 3 rings (SSSR count). The van der Waals surface area contributed by atoms with Gasteiger partial charge in [0.1, 0.15) is 5.69 Å². The summed E-state index contributed by atoms with van der Waals surface area (Å²) in [6.45, 7) is 6.82. The molecule has 0 unspecified atom stereocenters. The molecule has 1 aliphatic carbocycles. The first-order valence-corrected chi connectivity index (χ1v) is 7.85. The zero-order valence-corrected chi connectivity index (χ0v) is 14.3. The van der Waals surface area contributed by atoms with Crippen molar-refractivity contribution >= 4 is 34.6 Å². The first-order valence-electron chi connectivity index (χ1n) is 7.85. The van der Waals surface area contributed by atoms with Gasteiger partial charge in [-0.15, -0.1) is 5.12 Å². The molecule has 0 saturated heterocycles. The van der Waals surface area contributed by atoms with Gasteiger partial charge in [0.15, 0.2) is 0 Å². The van der Waals surface area contributed by atoms with E-state index < -0.39 is 0 Å². The molecule has 0 radical (unpaired) electrons. The van der Waals surface area contributed by atoms with Crippen molar-refractivity contribution in [2.45, 2.75) is 0 Å². The first-order chi connectivity index (χ1) is 13.2. The number of hydrogen-bond acceptors (Lipinski definition) is 6. The second kappa shape index (κ2) is 8.19. The van der Waals surface area contributed by atoms with Gasteiger partial charge in [-0.2, -0.15) is 0 Å². The molecule has 128 valence electrons. The molecule has 0 spiro atoms. The largest absolute Gasteiger partial charge is 0.288 e. The number of hydrazone groups is 2. The molecule has 1 aromatic carbocycles. The van der Waals surface area contributed by atoms with E-state index in [9.17, 15) is 4.79 Å². The number of anilines is 1. The summed E-state index contributed by atoms with van der Waals surface area (Å²) in [6, 6.07) is 10.8. The fourth-order valence-electron chi connectivity index (χ4n) is 2.33. The standard InChI is InChI=1S/C21H13N5O/c1-3-13-23-26(24-14-4-2)17-9-7-16(8-10-17)25-19-11-12-20(27)21-18(19)6-5-15-22-21/h5-12,15H,1-2H2. The number of hydrogen-bond donors (Lipinski definition) is 0. The van der Waals surface area contributed by atoms with E-state index in [4.69, 9.17) is 0 Å². The Balaban J connectivity index is 1.95. The maximum atomic E-state index is 11.9. The molecule has 0 bridgehead atoms. The molecule has 1 aromatic heterocycles. The van der Waals surface area contributed by atoms with Crippen molar-refractivity contribution in [1.29, 1.82) is 0 Å². The van der Waals surface area contributed by atoms with E-state index in [1.54, 1.807) is 42.6 Å². The predicted molar refractivity (Wildman–Crippen MR) is 106 cm³/mol. The molecule has 0 fully saturated rings. The average Bonchev–Trinajstić information content (AvgIpc) is 2.71. The summed E-state index contributed by atoms with van der Waals surface area (Å²) in [5.74, 6) is 4.84. The molecule has 6 heteroatoms. The van der Waals surface area contributed by atoms with Crippen molar-refractivity contribution in [3.05, 3.63) is 90.6 Å². The minimum atomic E-state index is -0.128. The number of benzene rings is 1. The van der Waals surface area contributed by atoms with Crippen molar-refractivity contribution in [2.24, 2.45) is 15.2 Å². The highest BCUT2D eigenvalue weighted by Gasteiger charge is 2.18. The van der Waals surface area contributed by atoms with Crippen LogP contribution in [0.5, 0.6) is 0 Å². The third-order valence-electron chi connectivity index (χ3n) is 3.49. The Bertz CT molecular complexity index is 1090. The molecule has 0 aliphatic heterocycles. The minimum absolute atomic E-state index is 0.128. The van der Waals surface area contributed by atoms with E-state index >= 15 is 0 Å². The molecule has 2 aromatic rings. The van der Waals surface area contributed by atoms with Crippen LogP contribution in [-0.2, 0) is 0 Å². The SMILES string of the molecule is C=C=C=NN(N=C=C=C)c1ccc(N=C2C=CC(=O)c3ncccc32)cc1. The summed E-state index contributed by atoms with van der Waals surface area (Å²) in [7, 11) is 0. The van der Waals surface area contributed by atoms with Crippen LogP contribution in [0.1, 0.15) is 16.1 Å². The number of aliphatic imine (C=N–C) groups is 1. The smallest absolute Gasteiger partial charge is 0.204 e. The number of carbonyl (C=O) groups is 1. The number of fused-ring (bicyclic) bond motifs is 1. The van der Waals surface area contributed by atoms with Gasteiger partial charge in [-0.3, -0.25) is 9.78 Å². The highest BCUT2D eigenvalue weighted by molar-refractivity contribution is 6.23. The number of nitrogens with zero attached hydrogens (tertiary/aromatic N) is 5. The van der Waals surface area contributed by atoms with Gasteiger partial charge in [-0.05, 0) is 61.7 Å². The van der Waals surface area contributed by atoms with Crippen molar-refractivity contribution < 1.29 is 4.79 Å². The number of pyridine rings is 1. The van der Waals surface area contributed by atoms with Gasteiger partial charge in [0.05, 0.1) is 28.8 Å². The molecule has 0 N–H and O–H groups in total. The Morgan fingerprint density at radius 1 is 0.963 bits per heavy atom. The fourth-order valence-corrected chi connectivity index (χ4v) is 2.33. The molecular formula is C21H13N5O. The highest BCUT2D eigenvalue weighted by Crippen LogP contribution is 2.23. The van der Waals surface area contributed by atoms with Crippen molar-refractivity contribution in [3.63, 3.8) is 0 Å². The minimum Gasteiger partial charge on any atom is -0.288 e. The Morgan fingerprint density at radius 2 is 1.67 bits per heavy atom. The predicted octanol–water partition coefficient (Wildman–Crippen LogP) is 3.61. The van der Waals surface area contributed by atoms with E-state index in [1.165, 1.54) is 11.2 Å². The molecule has 0 saturated carbocycles. The summed E-state index contributed by atoms with van der Waals surface area (Å²) in [6.07, 6.45) is 4.75. The van der Waals surface area contributed by atoms with E-state index in [0.717, 1.165) is 0 Å². The Morgan fingerprint density at radius 3 is 2.33 bits per heavy atom. The van der Waals surface area contributed by atoms with Crippen LogP contribution in [0.15, 0.2) is 94.6 Å². The van der Waals surface area contributed by atoms with Gasteiger partial charge < -0.3 is 0 Å². The van der Waals surface area contributed by atoms with Gasteiger partial charge in [-0.25, -0.2) is 4.99 Å². The summed E-state index contributed by atoms with van der Waals surface area (Å²) in [5, 5.41) is 9.19. The lowest BCUT2D eigenvalue weighted by Crippen LogP contribution is -2.13. The van der Waals surface area contributed by atoms with E-state index in [2.05, 4.69) is 56.5 Å². The summed E-state index contributed by atoms with van der Waals surface area (Å²) >= 11 is 0. The Kier molecular flexibility index (Phi) is 5.32. The van der Waals surface area contributed by atoms with Gasteiger partial charge in [0, 0.05) is 11.8 Å². The third-order valence-corrected chi connectivity index (χ3v) is 3.49. The van der Waals surface area contributed by atoms with Crippen LogP contribution in [0.4, 0.5) is 11.4 Å². The van der Waals surface area contributed by atoms with Crippen molar-refractivity contribution in [3.8, 4) is 0 Å². The molecule has 1 heterocycles. The highest BCUT2D eigenvalue weighted by atomic mass is 16.1. The lowest BCUT2D eigenvalue weighted by Gasteiger charge is -2.11. The number of aromatic nitrogens is 1. The Hall–Kier alpha value is -4.29. The molecule has 0 atom stereocenters. The van der Waals surface area contributed by atoms with E-state index in [0.29, 0.717) is 28.3 Å². The van der Waals surface area contributed by atoms with Gasteiger partial charge in [0.2, 0.25) is 5.78 Å². The van der Waals surface area contributed by atoms with Crippen molar-refractivity contribution in [1.82, 2.24) is 4.98 Å². The summed E-state index contributed by atoms with van der Waals surface area (Å²) < 4.78 is 0. The zero-order valence-electron chi connectivity index (χ0n) is 14.3. The number of carbonyl (C=O) groups excluding carboxylic acids is 1. The van der Waals surface area contributed by atoms with Crippen LogP contribution in [0, 0.1) is 0 Å². The quantitative estimate of drug-likeness (QED) is 0.480. The molecule has 0 amide bonds. The topological polar surface area (TPSA) is 70.3 Å². The van der Waals surface area contributed by atoms with Gasteiger partial charge in [0.25, 0.3) is 0 Å². The monoisotopic (exact) mass is 351 g/mol. The maximum Gasteiger partial charge on any atom is 0.204 e. The van der Waals surface area contributed by atoms with Gasteiger partial charge >= 0.3 is 0 Å². The Labute approximate surface area is 155 Å². The second-order valence-corrected chi connectivity index (χ2v) is 5.18. The number of allylic oxidation sites excluding steroid dienone is 2. The molecule has 1 aliphatic rings. The van der Waals surface area contributed by atoms with Crippen LogP contribution in [0.2, 0.25) is 0 Å². The molecule has 6 nitrogen and oxygen atoms in total. The maximum absolute atomic E-state index is 11.9.